The lowest BCUT2D eigenvalue weighted by atomic mass is 9.84. The van der Waals surface area contributed by atoms with Crippen LogP contribution in [0.5, 0.6) is 0 Å². The van der Waals surface area contributed by atoms with Crippen LogP contribution in [0.15, 0.2) is 35.5 Å². The van der Waals surface area contributed by atoms with Crippen LogP contribution in [0.4, 0.5) is 0 Å². The minimum Gasteiger partial charge on any atom is -0.478 e. The highest BCUT2D eigenvalue weighted by molar-refractivity contribution is 5.90. The molecule has 2 heteroatoms. The van der Waals surface area contributed by atoms with E-state index in [2.05, 4.69) is 32.9 Å². The van der Waals surface area contributed by atoms with Gasteiger partial charge in [-0.3, -0.25) is 0 Å². The lowest BCUT2D eigenvalue weighted by Crippen LogP contribution is -2.12. The minimum absolute atomic E-state index is 0.428. The summed E-state index contributed by atoms with van der Waals surface area (Å²) in [6, 6.07) is 0. The summed E-state index contributed by atoms with van der Waals surface area (Å²) in [4.78, 5) is 10.8. The van der Waals surface area contributed by atoms with Crippen molar-refractivity contribution in [1.82, 2.24) is 0 Å². The fraction of sp³-hybridized carbons (Fsp3) is 0.533. The highest BCUT2D eigenvalue weighted by Crippen LogP contribution is 2.27. The normalized spacial score (nSPS) is 20.6. The molecule has 0 aromatic heterocycles. The third-order valence-electron chi connectivity index (χ3n) is 3.29. The van der Waals surface area contributed by atoms with Gasteiger partial charge in [0.05, 0.1) is 5.57 Å². The molecule has 0 radical (unpaired) electrons. The third kappa shape index (κ3) is 4.59. The summed E-state index contributed by atoms with van der Waals surface area (Å²) in [6.45, 7) is 6.48. The van der Waals surface area contributed by atoms with Gasteiger partial charge < -0.3 is 5.11 Å². The average Bonchev–Trinajstić information content (AvgIpc) is 2.28. The highest BCUT2D eigenvalue weighted by Gasteiger charge is 2.17. The van der Waals surface area contributed by atoms with Crippen LogP contribution in [0.2, 0.25) is 0 Å². The van der Waals surface area contributed by atoms with Gasteiger partial charge in [-0.15, -0.1) is 0 Å². The fourth-order valence-electron chi connectivity index (χ4n) is 2.07. The summed E-state index contributed by atoms with van der Waals surface area (Å²) in [5.74, 6) is 0.272. The molecule has 17 heavy (non-hydrogen) atoms. The van der Waals surface area contributed by atoms with Crippen LogP contribution in [-0.4, -0.2) is 11.1 Å². The molecule has 2 nitrogen and oxygen atoms in total. The zero-order chi connectivity index (χ0) is 12.8. The molecule has 1 aliphatic carbocycles. The predicted molar refractivity (Wildman–Crippen MR) is 70.8 cm³/mol. The van der Waals surface area contributed by atoms with Gasteiger partial charge in [0.25, 0.3) is 0 Å². The Hall–Kier alpha value is -1.31. The SMILES string of the molecule is CC(C)=CCC[C@H](C)[C@H]1C=CC(C(=O)O)=CC1. The second-order valence-corrected chi connectivity index (χ2v) is 5.06. The van der Waals surface area contributed by atoms with Gasteiger partial charge in [-0.2, -0.15) is 0 Å². The number of carboxylic acids is 1. The predicted octanol–water partition coefficient (Wildman–Crippen LogP) is 3.96. The quantitative estimate of drug-likeness (QED) is 0.731. The lowest BCUT2D eigenvalue weighted by Gasteiger charge is -2.21. The van der Waals surface area contributed by atoms with Crippen LogP contribution in [0.3, 0.4) is 0 Å². The second-order valence-electron chi connectivity index (χ2n) is 5.06. The van der Waals surface area contributed by atoms with E-state index in [-0.39, 0.29) is 0 Å². The molecule has 1 rings (SSSR count). The largest absolute Gasteiger partial charge is 0.478 e. The number of rotatable bonds is 5. The third-order valence-corrected chi connectivity index (χ3v) is 3.29. The van der Waals surface area contributed by atoms with Crippen molar-refractivity contribution in [2.75, 3.05) is 0 Å². The Labute approximate surface area is 104 Å². The summed E-state index contributed by atoms with van der Waals surface area (Å²) in [6.07, 6.45) is 11.0. The molecule has 0 unspecified atom stereocenters. The van der Waals surface area contributed by atoms with Gasteiger partial charge >= 0.3 is 5.97 Å². The monoisotopic (exact) mass is 234 g/mol. The summed E-state index contributed by atoms with van der Waals surface area (Å²) in [5.41, 5.74) is 1.79. The minimum atomic E-state index is -0.822. The van der Waals surface area contributed by atoms with Crippen LogP contribution < -0.4 is 0 Å². The number of carbonyl (C=O) groups is 1. The lowest BCUT2D eigenvalue weighted by molar-refractivity contribution is -0.132. The van der Waals surface area contributed by atoms with E-state index in [0.29, 0.717) is 17.4 Å². The highest BCUT2D eigenvalue weighted by atomic mass is 16.4. The zero-order valence-corrected chi connectivity index (χ0v) is 10.9. The Balaban J connectivity index is 2.42. The summed E-state index contributed by atoms with van der Waals surface area (Å²) < 4.78 is 0. The molecule has 0 fully saturated rings. The van der Waals surface area contributed by atoms with E-state index < -0.39 is 5.97 Å². The first-order valence-corrected chi connectivity index (χ1v) is 6.25. The van der Waals surface area contributed by atoms with Crippen LogP contribution >= 0.6 is 0 Å². The summed E-state index contributed by atoms with van der Waals surface area (Å²) in [5, 5.41) is 8.84. The van der Waals surface area contributed by atoms with Crippen molar-refractivity contribution in [2.24, 2.45) is 11.8 Å². The van der Waals surface area contributed by atoms with Crippen LogP contribution in [-0.2, 0) is 4.79 Å². The molecule has 1 N–H and O–H groups in total. The van der Waals surface area contributed by atoms with Gasteiger partial charge in [-0.25, -0.2) is 4.79 Å². The maximum Gasteiger partial charge on any atom is 0.335 e. The molecular formula is C15H22O2. The van der Waals surface area contributed by atoms with Gasteiger partial charge in [0.2, 0.25) is 0 Å². The maximum absolute atomic E-state index is 10.8. The first-order valence-electron chi connectivity index (χ1n) is 6.25. The number of carboxylic acid groups (broad SMARTS) is 1. The van der Waals surface area contributed by atoms with E-state index in [1.807, 2.05) is 6.08 Å². The molecule has 0 aromatic rings. The molecule has 0 spiro atoms. The van der Waals surface area contributed by atoms with Crippen molar-refractivity contribution in [1.29, 1.82) is 0 Å². The Kier molecular flexibility index (Phi) is 5.20. The smallest absolute Gasteiger partial charge is 0.335 e. The molecule has 0 saturated carbocycles. The topological polar surface area (TPSA) is 37.3 Å². The van der Waals surface area contributed by atoms with E-state index in [1.165, 1.54) is 5.57 Å². The number of hydrogen-bond donors (Lipinski definition) is 1. The van der Waals surface area contributed by atoms with Crippen molar-refractivity contribution in [2.45, 2.75) is 40.0 Å². The Bertz CT molecular complexity index is 357. The van der Waals surface area contributed by atoms with Gasteiger partial charge in [-0.1, -0.05) is 36.8 Å². The van der Waals surface area contributed by atoms with E-state index in [1.54, 1.807) is 6.08 Å². The van der Waals surface area contributed by atoms with Crippen molar-refractivity contribution in [3.63, 3.8) is 0 Å². The molecule has 0 amide bonds. The van der Waals surface area contributed by atoms with Crippen molar-refractivity contribution >= 4 is 5.97 Å². The molecular weight excluding hydrogens is 212 g/mol. The maximum atomic E-state index is 10.8. The van der Waals surface area contributed by atoms with Gasteiger partial charge in [-0.05, 0) is 44.9 Å². The van der Waals surface area contributed by atoms with E-state index >= 15 is 0 Å². The molecule has 0 heterocycles. The molecule has 0 bridgehead atoms. The summed E-state index contributed by atoms with van der Waals surface area (Å²) in [7, 11) is 0. The van der Waals surface area contributed by atoms with Gasteiger partial charge in [0.1, 0.15) is 0 Å². The van der Waals surface area contributed by atoms with E-state index in [4.69, 9.17) is 5.11 Å². The van der Waals surface area contributed by atoms with Crippen LogP contribution in [0.25, 0.3) is 0 Å². The Morgan fingerprint density at radius 2 is 2.29 bits per heavy atom. The molecule has 0 aliphatic heterocycles. The van der Waals surface area contributed by atoms with Gasteiger partial charge in [0.15, 0.2) is 0 Å². The van der Waals surface area contributed by atoms with E-state index in [0.717, 1.165) is 19.3 Å². The molecule has 1 aliphatic rings. The van der Waals surface area contributed by atoms with Crippen molar-refractivity contribution in [3.05, 3.63) is 35.5 Å². The first kappa shape index (κ1) is 13.8. The fourth-order valence-corrected chi connectivity index (χ4v) is 2.07. The zero-order valence-electron chi connectivity index (χ0n) is 10.9. The second kappa shape index (κ2) is 6.43. The standard InChI is InChI=1S/C15H22O2/c1-11(2)5-4-6-12(3)13-7-9-14(10-8-13)15(16)17/h5,7,9-10,12-13H,4,6,8H2,1-3H3,(H,16,17)/t12-,13-/m0/s1. The van der Waals surface area contributed by atoms with Crippen molar-refractivity contribution < 1.29 is 9.90 Å². The molecule has 0 saturated heterocycles. The van der Waals surface area contributed by atoms with E-state index in [9.17, 15) is 4.79 Å². The molecule has 0 aromatic carbocycles. The number of hydrogen-bond acceptors (Lipinski definition) is 1. The number of aliphatic carboxylic acids is 1. The molecule has 2 atom stereocenters. The van der Waals surface area contributed by atoms with Crippen molar-refractivity contribution in [3.8, 4) is 0 Å². The number of allylic oxidation sites excluding steroid dienone is 4. The Morgan fingerprint density at radius 3 is 2.76 bits per heavy atom. The Morgan fingerprint density at radius 1 is 1.59 bits per heavy atom. The van der Waals surface area contributed by atoms with Crippen LogP contribution in [0.1, 0.15) is 40.0 Å². The first-order chi connectivity index (χ1) is 8.00. The van der Waals surface area contributed by atoms with Gasteiger partial charge in [0, 0.05) is 0 Å². The summed E-state index contributed by atoms with van der Waals surface area (Å²) >= 11 is 0. The van der Waals surface area contributed by atoms with Crippen LogP contribution in [0, 0.1) is 11.8 Å². The average molecular weight is 234 g/mol. The molecule has 94 valence electrons.